The molecule has 0 aromatic heterocycles. The molecule has 1 aromatic carbocycles. The van der Waals surface area contributed by atoms with Gasteiger partial charge in [-0.05, 0) is 30.5 Å². The van der Waals surface area contributed by atoms with Gasteiger partial charge in [0, 0.05) is 13.3 Å². The Labute approximate surface area is 219 Å². The Balaban J connectivity index is 2.92. The Kier molecular flexibility index (Phi) is 12.5. The van der Waals surface area contributed by atoms with Gasteiger partial charge in [0.25, 0.3) is 0 Å². The fourth-order valence-electron chi connectivity index (χ4n) is 3.29. The third-order valence-electron chi connectivity index (χ3n) is 5.28. The highest BCUT2D eigenvalue weighted by Crippen LogP contribution is 2.12. The van der Waals surface area contributed by atoms with E-state index in [-0.39, 0.29) is 12.2 Å². The van der Waals surface area contributed by atoms with Gasteiger partial charge >= 0.3 is 5.97 Å². The zero-order valence-corrected chi connectivity index (χ0v) is 21.8. The van der Waals surface area contributed by atoms with Gasteiger partial charge in [0.05, 0.1) is 18.3 Å². The van der Waals surface area contributed by atoms with Crippen LogP contribution in [0, 0.1) is 5.92 Å². The molecule has 6 N–H and O–H groups in total. The predicted molar refractivity (Wildman–Crippen MR) is 134 cm³/mol. The third kappa shape index (κ3) is 10.9. The maximum Gasteiger partial charge on any atom is 0.305 e. The van der Waals surface area contributed by atoms with Gasteiger partial charge in [-0.25, -0.2) is 0 Å². The molecule has 37 heavy (non-hydrogen) atoms. The predicted octanol–water partition coefficient (Wildman–Crippen LogP) is -0.148. The number of Topliss-reactive ketones (excluding diaryl/α,β-unsaturated/α-hetero) is 1. The average molecular weight is 541 g/mol. The van der Waals surface area contributed by atoms with Crippen LogP contribution in [0.25, 0.3) is 0 Å². The van der Waals surface area contributed by atoms with Crippen LogP contribution in [0.2, 0.25) is 0 Å². The summed E-state index contributed by atoms with van der Waals surface area (Å²) in [7, 11) is 0. The van der Waals surface area contributed by atoms with Crippen molar-refractivity contribution in [1.29, 1.82) is 0 Å². The molecule has 0 unspecified atom stereocenters. The molecule has 0 spiro atoms. The van der Waals surface area contributed by atoms with Crippen molar-refractivity contribution in [2.24, 2.45) is 5.92 Å². The first-order valence-corrected chi connectivity index (χ1v) is 12.0. The first kappa shape index (κ1) is 31.4. The van der Waals surface area contributed by atoms with Gasteiger partial charge in [0.1, 0.15) is 23.9 Å². The van der Waals surface area contributed by atoms with E-state index in [0.29, 0.717) is 5.56 Å². The van der Waals surface area contributed by atoms with Crippen molar-refractivity contribution in [1.82, 2.24) is 21.3 Å². The number of carboxylic acids is 1. The molecule has 1 rings (SSSR count). The second kappa shape index (κ2) is 14.8. The minimum absolute atomic E-state index is 0.0419. The van der Waals surface area contributed by atoms with E-state index >= 15 is 0 Å². The van der Waals surface area contributed by atoms with Crippen LogP contribution < -0.4 is 21.3 Å². The first-order valence-electron chi connectivity index (χ1n) is 11.5. The number of aliphatic carboxylic acids is 1. The highest BCUT2D eigenvalue weighted by atomic mass is 35.5. The van der Waals surface area contributed by atoms with Gasteiger partial charge in [-0.3, -0.25) is 28.8 Å². The fraction of sp³-hybridized carbons (Fsp3) is 0.500. The molecule has 0 aliphatic heterocycles. The number of phenols is 1. The molecule has 1 aromatic rings. The van der Waals surface area contributed by atoms with Gasteiger partial charge in [0.15, 0.2) is 5.78 Å². The van der Waals surface area contributed by atoms with Crippen LogP contribution in [0.4, 0.5) is 0 Å². The summed E-state index contributed by atoms with van der Waals surface area (Å²) >= 11 is 5.48. The molecule has 0 heterocycles. The second-order valence-electron chi connectivity index (χ2n) is 8.84. The molecule has 0 fully saturated rings. The number of benzene rings is 1. The molecule has 0 radical (unpaired) electrons. The zero-order chi connectivity index (χ0) is 28.3. The largest absolute Gasteiger partial charge is 0.508 e. The molecule has 0 saturated heterocycles. The fourth-order valence-corrected chi connectivity index (χ4v) is 3.48. The number of aromatic hydroxyl groups is 1. The summed E-state index contributed by atoms with van der Waals surface area (Å²) in [5.41, 5.74) is 0.657. The van der Waals surface area contributed by atoms with Crippen molar-refractivity contribution in [2.45, 2.75) is 64.7 Å². The average Bonchev–Trinajstić information content (AvgIpc) is 2.81. The lowest BCUT2D eigenvalue weighted by Gasteiger charge is -2.27. The molecule has 12 nitrogen and oxygen atoms in total. The number of hydrogen-bond donors (Lipinski definition) is 6. The normalized spacial score (nSPS) is 14.0. The summed E-state index contributed by atoms with van der Waals surface area (Å²) < 4.78 is 0. The zero-order valence-electron chi connectivity index (χ0n) is 21.0. The number of halogens is 1. The SMILES string of the molecule is CC(=O)N[C@H](Cc1ccc(O)cc1)C(=O)N[C@@H](C(=O)N[C@H](C)C(=O)N[C@@H](CC(=O)O)C(=O)CCl)C(C)C. The summed E-state index contributed by atoms with van der Waals surface area (Å²) in [5, 5.41) is 28.2. The van der Waals surface area contributed by atoms with Crippen molar-refractivity contribution in [2.75, 3.05) is 5.88 Å². The molecule has 0 saturated carbocycles. The van der Waals surface area contributed by atoms with Crippen molar-refractivity contribution in [3.8, 4) is 5.75 Å². The molecule has 4 atom stereocenters. The highest BCUT2D eigenvalue weighted by molar-refractivity contribution is 6.28. The summed E-state index contributed by atoms with van der Waals surface area (Å²) in [6.07, 6.45) is -0.579. The third-order valence-corrected chi connectivity index (χ3v) is 5.55. The molecule has 4 amide bonds. The monoisotopic (exact) mass is 540 g/mol. The van der Waals surface area contributed by atoms with Crippen molar-refractivity contribution >= 4 is 47.0 Å². The van der Waals surface area contributed by atoms with Crippen molar-refractivity contribution < 1.29 is 39.0 Å². The summed E-state index contributed by atoms with van der Waals surface area (Å²) in [6.45, 7) is 5.92. The summed E-state index contributed by atoms with van der Waals surface area (Å²) in [4.78, 5) is 72.9. The molecule has 0 bridgehead atoms. The Morgan fingerprint density at radius 2 is 1.43 bits per heavy atom. The topological polar surface area (TPSA) is 191 Å². The minimum atomic E-state index is -1.36. The lowest BCUT2D eigenvalue weighted by molar-refractivity contribution is -0.140. The van der Waals surface area contributed by atoms with Crippen LogP contribution in [-0.2, 0) is 35.2 Å². The van der Waals surface area contributed by atoms with Gasteiger partial charge in [0.2, 0.25) is 23.6 Å². The maximum atomic E-state index is 13.0. The number of nitrogens with one attached hydrogen (secondary N) is 4. The summed E-state index contributed by atoms with van der Waals surface area (Å²) in [6, 6.07) is 1.43. The number of rotatable bonds is 14. The molecule has 0 aliphatic carbocycles. The highest BCUT2D eigenvalue weighted by Gasteiger charge is 2.31. The number of amides is 4. The standard InChI is InChI=1S/C24H33ClN4O8/c1-12(2)21(24(37)26-13(3)22(35)28-17(10-20(33)34)19(32)11-25)29-23(36)18(27-14(4)30)9-15-5-7-16(31)8-6-15/h5-8,12-13,17-18,21,31H,9-11H2,1-4H3,(H,26,37)(H,27,30)(H,28,35)(H,29,36)(H,33,34)/t13-,17+,18-,21-/m1/s1. The van der Waals surface area contributed by atoms with Crippen molar-refractivity contribution in [3.63, 3.8) is 0 Å². The number of carboxylic acid groups (broad SMARTS) is 1. The smallest absolute Gasteiger partial charge is 0.305 e. The Bertz CT molecular complexity index is 999. The van der Waals surface area contributed by atoms with Crippen LogP contribution in [-0.4, -0.2) is 75.6 Å². The van der Waals surface area contributed by atoms with E-state index in [0.717, 1.165) is 0 Å². The molecular formula is C24H33ClN4O8. The Hall–Kier alpha value is -3.67. The van der Waals surface area contributed by atoms with Gasteiger partial charge in [-0.2, -0.15) is 0 Å². The number of alkyl halides is 1. The molecule has 13 heteroatoms. The quantitative estimate of drug-likeness (QED) is 0.175. The summed E-state index contributed by atoms with van der Waals surface area (Å²) in [5.74, 6) is -5.49. The van der Waals surface area contributed by atoms with E-state index in [2.05, 4.69) is 21.3 Å². The lowest BCUT2D eigenvalue weighted by atomic mass is 10.0. The number of carbonyl (C=O) groups excluding carboxylic acids is 5. The molecule has 0 aliphatic rings. The van der Waals surface area contributed by atoms with Crippen LogP contribution in [0.3, 0.4) is 0 Å². The molecule has 204 valence electrons. The van der Waals surface area contributed by atoms with Gasteiger partial charge in [-0.15, -0.1) is 11.6 Å². The van der Waals surface area contributed by atoms with E-state index in [4.69, 9.17) is 16.7 Å². The van der Waals surface area contributed by atoms with Gasteiger partial charge < -0.3 is 31.5 Å². The minimum Gasteiger partial charge on any atom is -0.508 e. The van der Waals surface area contributed by atoms with E-state index in [9.17, 15) is 33.9 Å². The Morgan fingerprint density at radius 1 is 0.838 bits per heavy atom. The van der Waals surface area contributed by atoms with Gasteiger partial charge in [-0.1, -0.05) is 26.0 Å². The number of carbonyl (C=O) groups is 6. The molecular weight excluding hydrogens is 508 g/mol. The van der Waals surface area contributed by atoms with E-state index in [1.807, 2.05) is 0 Å². The first-order chi connectivity index (χ1) is 17.2. The number of hydrogen-bond acceptors (Lipinski definition) is 7. The second-order valence-corrected chi connectivity index (χ2v) is 9.11. The van der Waals surface area contributed by atoms with Crippen LogP contribution >= 0.6 is 11.6 Å². The van der Waals surface area contributed by atoms with Crippen LogP contribution in [0.5, 0.6) is 5.75 Å². The van der Waals surface area contributed by atoms with E-state index < -0.39 is 77.8 Å². The maximum absolute atomic E-state index is 13.0. The van der Waals surface area contributed by atoms with Crippen LogP contribution in [0.15, 0.2) is 24.3 Å². The number of ketones is 1. The van der Waals surface area contributed by atoms with E-state index in [1.165, 1.54) is 26.0 Å². The van der Waals surface area contributed by atoms with E-state index in [1.54, 1.807) is 26.0 Å². The van der Waals surface area contributed by atoms with Crippen molar-refractivity contribution in [3.05, 3.63) is 29.8 Å². The number of phenolic OH excluding ortho intramolecular Hbond substituents is 1. The van der Waals surface area contributed by atoms with Crippen LogP contribution in [0.1, 0.15) is 39.7 Å². The Morgan fingerprint density at radius 3 is 1.92 bits per heavy atom. The lowest BCUT2D eigenvalue weighted by Crippen LogP contribution is -2.58.